The molecule has 0 radical (unpaired) electrons. The Balaban J connectivity index is 1.93. The average molecular weight is 513 g/mol. The number of hydroxylamine groups is 1. The van der Waals surface area contributed by atoms with Crippen LogP contribution in [0.15, 0.2) is 66.9 Å². The third kappa shape index (κ3) is 7.43. The molecule has 0 fully saturated rings. The van der Waals surface area contributed by atoms with Crippen molar-refractivity contribution < 1.29 is 24.3 Å². The van der Waals surface area contributed by atoms with Gasteiger partial charge in [-0.25, -0.2) is 10.3 Å². The highest BCUT2D eigenvalue weighted by atomic mass is 35.5. The molecule has 0 aliphatic rings. The zero-order chi connectivity index (χ0) is 26.3. The number of hydrogen-bond donors (Lipinski definition) is 2. The summed E-state index contributed by atoms with van der Waals surface area (Å²) in [6.45, 7) is 7.78. The molecule has 0 aliphatic carbocycles. The van der Waals surface area contributed by atoms with Gasteiger partial charge in [0.15, 0.2) is 0 Å². The molecule has 3 aromatic rings. The van der Waals surface area contributed by atoms with E-state index in [1.165, 1.54) is 4.57 Å². The first kappa shape index (κ1) is 27.5. The number of carbonyl (C=O) groups is 2. The summed E-state index contributed by atoms with van der Waals surface area (Å²) in [7, 11) is 0. The van der Waals surface area contributed by atoms with Gasteiger partial charge in [0.2, 0.25) is 5.91 Å². The van der Waals surface area contributed by atoms with Crippen LogP contribution in [0.25, 0.3) is 11.3 Å². The zero-order valence-electron chi connectivity index (χ0n) is 21.0. The van der Waals surface area contributed by atoms with Crippen molar-refractivity contribution in [1.82, 2.24) is 10.0 Å². The van der Waals surface area contributed by atoms with Crippen molar-refractivity contribution in [2.45, 2.75) is 58.2 Å². The van der Waals surface area contributed by atoms with Gasteiger partial charge in [0.05, 0.1) is 18.2 Å². The second-order valence-electron chi connectivity index (χ2n) is 9.54. The number of amides is 1. The normalized spacial score (nSPS) is 13.2. The Morgan fingerprint density at radius 3 is 2.31 bits per heavy atom. The molecule has 0 unspecified atom stereocenters. The number of rotatable bonds is 9. The lowest BCUT2D eigenvalue weighted by molar-refractivity contribution is -0.132. The van der Waals surface area contributed by atoms with Crippen molar-refractivity contribution in [1.29, 1.82) is 0 Å². The van der Waals surface area contributed by atoms with Gasteiger partial charge >= 0.3 is 6.09 Å². The summed E-state index contributed by atoms with van der Waals surface area (Å²) in [6, 6.07) is 19.1. The number of nitrogens with zero attached hydrogens (tertiary/aromatic N) is 1. The molecule has 36 heavy (non-hydrogen) atoms. The molecule has 0 saturated carbocycles. The number of aromatic nitrogens is 1. The van der Waals surface area contributed by atoms with Crippen molar-refractivity contribution in [2.24, 2.45) is 0 Å². The van der Waals surface area contributed by atoms with Crippen molar-refractivity contribution in [3.05, 3.63) is 83.0 Å². The first-order chi connectivity index (χ1) is 17.1. The minimum absolute atomic E-state index is 0.00580. The molecule has 2 aromatic carbocycles. The molecule has 3 rings (SSSR count). The molecular formula is C28H33ClN2O5. The molecule has 0 spiro atoms. The number of hydrogen-bond acceptors (Lipinski definition) is 5. The molecular weight excluding hydrogens is 480 g/mol. The monoisotopic (exact) mass is 512 g/mol. The fourth-order valence-electron chi connectivity index (χ4n) is 4.09. The van der Waals surface area contributed by atoms with Crippen LogP contribution in [0.2, 0.25) is 5.02 Å². The number of ether oxygens (including phenoxy) is 2. The maximum absolute atomic E-state index is 12.7. The zero-order valence-corrected chi connectivity index (χ0v) is 21.8. The van der Waals surface area contributed by atoms with E-state index in [0.29, 0.717) is 23.7 Å². The van der Waals surface area contributed by atoms with Crippen LogP contribution >= 0.6 is 11.6 Å². The van der Waals surface area contributed by atoms with Crippen molar-refractivity contribution in [2.75, 3.05) is 6.61 Å². The second kappa shape index (κ2) is 12.2. The Bertz CT molecular complexity index is 1150. The second-order valence-corrected chi connectivity index (χ2v) is 9.97. The van der Waals surface area contributed by atoms with E-state index in [9.17, 15) is 9.59 Å². The van der Waals surface area contributed by atoms with E-state index >= 15 is 0 Å². The fraction of sp³-hybridized carbons (Fsp3) is 0.357. The molecule has 2 atom stereocenters. The van der Waals surface area contributed by atoms with Gasteiger partial charge in [-0.15, -0.1) is 0 Å². The maximum Gasteiger partial charge on any atom is 0.418 e. The predicted octanol–water partition coefficient (Wildman–Crippen LogP) is 6.22. The Morgan fingerprint density at radius 1 is 1.06 bits per heavy atom. The highest BCUT2D eigenvalue weighted by Crippen LogP contribution is 2.31. The number of benzene rings is 2. The number of nitrogens with one attached hydrogen (secondary N) is 1. The minimum atomic E-state index is -0.605. The van der Waals surface area contributed by atoms with Gasteiger partial charge in [0.25, 0.3) is 0 Å². The summed E-state index contributed by atoms with van der Waals surface area (Å²) < 4.78 is 13.0. The van der Waals surface area contributed by atoms with Crippen molar-refractivity contribution in [3.63, 3.8) is 0 Å². The Labute approximate surface area is 216 Å². The highest BCUT2D eigenvalue weighted by Gasteiger charge is 2.27. The topological polar surface area (TPSA) is 89.8 Å². The molecule has 0 bridgehead atoms. The summed E-state index contributed by atoms with van der Waals surface area (Å²) in [4.78, 5) is 24.7. The molecule has 7 nitrogen and oxygen atoms in total. The van der Waals surface area contributed by atoms with E-state index in [4.69, 9.17) is 26.3 Å². The quantitative estimate of drug-likeness (QED) is 0.262. The average Bonchev–Trinajstić information content (AvgIpc) is 3.33. The van der Waals surface area contributed by atoms with Gasteiger partial charge < -0.3 is 9.47 Å². The van der Waals surface area contributed by atoms with Crippen LogP contribution in [-0.4, -0.2) is 40.1 Å². The molecule has 0 saturated heterocycles. The first-order valence-electron chi connectivity index (χ1n) is 11.9. The van der Waals surface area contributed by atoms with Crippen LogP contribution in [0.5, 0.6) is 0 Å². The first-order valence-corrected chi connectivity index (χ1v) is 12.3. The smallest absolute Gasteiger partial charge is 0.418 e. The fourth-order valence-corrected chi connectivity index (χ4v) is 4.21. The number of halogens is 1. The summed E-state index contributed by atoms with van der Waals surface area (Å²) in [5, 5.41) is 9.74. The lowest BCUT2D eigenvalue weighted by Crippen LogP contribution is -2.31. The molecule has 8 heteroatoms. The van der Waals surface area contributed by atoms with Gasteiger partial charge in [-0.1, -0.05) is 48.0 Å². The largest absolute Gasteiger partial charge is 0.443 e. The van der Waals surface area contributed by atoms with Crippen molar-refractivity contribution in [3.8, 4) is 11.3 Å². The molecule has 1 aromatic heterocycles. The van der Waals surface area contributed by atoms with Crippen LogP contribution in [0, 0.1) is 0 Å². The van der Waals surface area contributed by atoms with Gasteiger partial charge in [-0.3, -0.25) is 14.6 Å². The summed E-state index contributed by atoms with van der Waals surface area (Å²) in [5.74, 6) is -0.684. The SMILES string of the molecule is CCO[C@H](CC(=O)NO)[C@H](Cc1ccc(Cl)cc1)c1ccc(-c2cccn2C(=O)OC(C)(C)C)cc1. The molecule has 192 valence electrons. The van der Waals surface area contributed by atoms with E-state index in [0.717, 1.165) is 16.7 Å². The van der Waals surface area contributed by atoms with Gasteiger partial charge in [-0.05, 0) is 75.1 Å². The lowest BCUT2D eigenvalue weighted by Gasteiger charge is -2.27. The third-order valence-corrected chi connectivity index (χ3v) is 5.94. The molecule has 2 N–H and O–H groups in total. The lowest BCUT2D eigenvalue weighted by atomic mass is 9.85. The van der Waals surface area contributed by atoms with Crippen molar-refractivity contribution >= 4 is 23.6 Å². The minimum Gasteiger partial charge on any atom is -0.443 e. The van der Waals surface area contributed by atoms with E-state index < -0.39 is 23.7 Å². The van der Waals surface area contributed by atoms with Crippen LogP contribution in [0.1, 0.15) is 51.2 Å². The summed E-state index contributed by atoms with van der Waals surface area (Å²) in [5.41, 5.74) is 4.68. The molecule has 0 aliphatic heterocycles. The van der Waals surface area contributed by atoms with Crippen LogP contribution in [0.4, 0.5) is 4.79 Å². The van der Waals surface area contributed by atoms with E-state index in [2.05, 4.69) is 0 Å². The van der Waals surface area contributed by atoms with E-state index in [-0.39, 0.29) is 12.3 Å². The summed E-state index contributed by atoms with van der Waals surface area (Å²) in [6.07, 6.45) is 1.38. The van der Waals surface area contributed by atoms with E-state index in [1.54, 1.807) is 17.7 Å². The molecule has 1 heterocycles. The van der Waals surface area contributed by atoms with Gasteiger partial charge in [-0.2, -0.15) is 0 Å². The van der Waals surface area contributed by atoms with Crippen LogP contribution in [0.3, 0.4) is 0 Å². The summed E-state index contributed by atoms with van der Waals surface area (Å²) >= 11 is 6.06. The Kier molecular flexibility index (Phi) is 9.31. The third-order valence-electron chi connectivity index (χ3n) is 5.68. The number of carbonyl (C=O) groups excluding carboxylic acids is 2. The van der Waals surface area contributed by atoms with Gasteiger partial charge in [0.1, 0.15) is 5.60 Å². The van der Waals surface area contributed by atoms with Crippen LogP contribution in [-0.2, 0) is 20.7 Å². The maximum atomic E-state index is 12.7. The van der Waals surface area contributed by atoms with Gasteiger partial charge in [0, 0.05) is 23.7 Å². The Morgan fingerprint density at radius 2 is 1.72 bits per heavy atom. The van der Waals surface area contributed by atoms with E-state index in [1.807, 2.05) is 82.3 Å². The Hall–Kier alpha value is -3.13. The molecule has 1 amide bonds. The standard InChI is InChI=1S/C28H33ClN2O5/c1-5-35-25(18-26(32)30-34)23(17-19-8-14-22(29)15-9-19)20-10-12-21(13-11-20)24-7-6-16-31(24)27(33)36-28(2,3)4/h6-16,23,25,34H,5,17-18H2,1-4H3,(H,30,32)/t23-,25-/m1/s1. The highest BCUT2D eigenvalue weighted by molar-refractivity contribution is 6.30. The predicted molar refractivity (Wildman–Crippen MR) is 139 cm³/mol. The van der Waals surface area contributed by atoms with Crippen LogP contribution < -0.4 is 5.48 Å².